The van der Waals surface area contributed by atoms with Crippen LogP contribution in [0.2, 0.25) is 0 Å². The van der Waals surface area contributed by atoms with Gasteiger partial charge in [0.2, 0.25) is 0 Å². The van der Waals surface area contributed by atoms with Crippen LogP contribution in [0, 0.1) is 6.92 Å². The minimum Gasteiger partial charge on any atom is -0.387 e. The molecule has 4 nitrogen and oxygen atoms in total. The van der Waals surface area contributed by atoms with Crippen molar-refractivity contribution >= 4 is 11.6 Å². The van der Waals surface area contributed by atoms with Crippen molar-refractivity contribution in [1.82, 2.24) is 4.90 Å². The summed E-state index contributed by atoms with van der Waals surface area (Å²) in [5.74, 6) is 0.101. The second-order valence-corrected chi connectivity index (χ2v) is 5.02. The summed E-state index contributed by atoms with van der Waals surface area (Å²) in [7, 11) is 3.52. The third kappa shape index (κ3) is 3.26. The van der Waals surface area contributed by atoms with Crippen LogP contribution in [0.25, 0.3) is 0 Å². The minimum absolute atomic E-state index is 0.101. The van der Waals surface area contributed by atoms with Crippen molar-refractivity contribution in [3.63, 3.8) is 0 Å². The maximum Gasteiger partial charge on any atom is 0.256 e. The Bertz CT molecular complexity index is 455. The van der Waals surface area contributed by atoms with Crippen molar-refractivity contribution in [1.29, 1.82) is 0 Å². The Labute approximate surface area is 114 Å². The van der Waals surface area contributed by atoms with E-state index in [9.17, 15) is 4.79 Å². The first-order valence-corrected chi connectivity index (χ1v) is 6.75. The molecule has 0 spiro atoms. The van der Waals surface area contributed by atoms with Gasteiger partial charge in [-0.1, -0.05) is 6.07 Å². The Kier molecular flexibility index (Phi) is 4.43. The molecule has 0 atom stereocenters. The molecule has 0 bridgehead atoms. The number of hydrogen-bond acceptors (Lipinski definition) is 3. The molecule has 4 heteroatoms. The molecule has 0 radical (unpaired) electrons. The van der Waals surface area contributed by atoms with Crippen LogP contribution in [0.3, 0.4) is 0 Å². The van der Waals surface area contributed by atoms with Gasteiger partial charge in [0.1, 0.15) is 0 Å². The van der Waals surface area contributed by atoms with Crippen molar-refractivity contribution in [2.24, 2.45) is 0 Å². The highest BCUT2D eigenvalue weighted by Gasteiger charge is 2.33. The van der Waals surface area contributed by atoms with Gasteiger partial charge in [-0.15, -0.1) is 0 Å². The molecule has 104 valence electrons. The van der Waals surface area contributed by atoms with Crippen molar-refractivity contribution in [3.8, 4) is 0 Å². The van der Waals surface area contributed by atoms with Crippen LogP contribution >= 0.6 is 0 Å². The van der Waals surface area contributed by atoms with Crippen molar-refractivity contribution in [2.45, 2.75) is 25.8 Å². The number of rotatable bonds is 6. The van der Waals surface area contributed by atoms with Gasteiger partial charge in [0.15, 0.2) is 0 Å². The fourth-order valence-corrected chi connectivity index (χ4v) is 2.23. The molecule has 0 saturated heterocycles. The maximum atomic E-state index is 12.7. The lowest BCUT2D eigenvalue weighted by atomic mass is 10.1. The zero-order valence-corrected chi connectivity index (χ0v) is 11.9. The predicted molar refractivity (Wildman–Crippen MR) is 76.7 cm³/mol. The summed E-state index contributed by atoms with van der Waals surface area (Å²) in [5, 5.41) is 3.11. The molecule has 0 heterocycles. The molecule has 1 aromatic rings. The normalized spacial score (nSPS) is 14.3. The van der Waals surface area contributed by atoms with Crippen LogP contribution in [0.15, 0.2) is 18.2 Å². The lowest BCUT2D eigenvalue weighted by Gasteiger charge is -2.23. The van der Waals surface area contributed by atoms with Gasteiger partial charge in [-0.25, -0.2) is 0 Å². The molecule has 0 unspecified atom stereocenters. The van der Waals surface area contributed by atoms with Crippen LogP contribution in [0.4, 0.5) is 5.69 Å². The number of methoxy groups -OCH3 is 1. The Morgan fingerprint density at radius 1 is 1.47 bits per heavy atom. The van der Waals surface area contributed by atoms with E-state index in [2.05, 4.69) is 5.32 Å². The smallest absolute Gasteiger partial charge is 0.256 e. The number of ether oxygens (including phenoxy) is 1. The van der Waals surface area contributed by atoms with Crippen LogP contribution in [-0.2, 0) is 4.74 Å². The third-order valence-electron chi connectivity index (χ3n) is 3.46. The molecule has 0 aliphatic heterocycles. The summed E-state index contributed by atoms with van der Waals surface area (Å²) in [6, 6.07) is 6.30. The first-order chi connectivity index (χ1) is 9.17. The summed E-state index contributed by atoms with van der Waals surface area (Å²) in [6.45, 7) is 3.28. The summed E-state index contributed by atoms with van der Waals surface area (Å²) in [6.07, 6.45) is 2.21. The highest BCUT2D eigenvalue weighted by atomic mass is 16.5. The first kappa shape index (κ1) is 13.9. The summed E-state index contributed by atoms with van der Waals surface area (Å²) < 4.78 is 5.10. The van der Waals surface area contributed by atoms with Gasteiger partial charge < -0.3 is 15.0 Å². The minimum atomic E-state index is 0.101. The summed E-state index contributed by atoms with van der Waals surface area (Å²) in [4.78, 5) is 14.6. The zero-order valence-electron chi connectivity index (χ0n) is 11.9. The topological polar surface area (TPSA) is 41.6 Å². The fraction of sp³-hybridized carbons (Fsp3) is 0.533. The van der Waals surface area contributed by atoms with Gasteiger partial charge in [0, 0.05) is 32.4 Å². The molecule has 1 aliphatic carbocycles. The van der Waals surface area contributed by atoms with E-state index in [0.29, 0.717) is 19.2 Å². The van der Waals surface area contributed by atoms with Crippen molar-refractivity contribution in [2.75, 3.05) is 32.6 Å². The molecule has 0 aromatic heterocycles. The number of amides is 1. The molecule has 1 saturated carbocycles. The number of nitrogens with one attached hydrogen (secondary N) is 1. The number of carbonyl (C=O) groups is 1. The Hall–Kier alpha value is -1.55. The van der Waals surface area contributed by atoms with Crippen LogP contribution in [0.1, 0.15) is 28.8 Å². The number of anilines is 1. The third-order valence-corrected chi connectivity index (χ3v) is 3.46. The molecule has 19 heavy (non-hydrogen) atoms. The molecule has 1 N–H and O–H groups in total. The summed E-state index contributed by atoms with van der Waals surface area (Å²) in [5.41, 5.74) is 2.79. The van der Waals surface area contributed by atoms with Gasteiger partial charge in [0.05, 0.1) is 12.2 Å². The standard InChI is InChI=1S/C15H22N2O2/c1-11-4-7-13(14(10-11)16-2)15(18)17(8-9-19-3)12-5-6-12/h4,7,10,12,16H,5-6,8-9H2,1-3H3. The number of benzene rings is 1. The molecule has 1 amide bonds. The monoisotopic (exact) mass is 262 g/mol. The maximum absolute atomic E-state index is 12.7. The van der Waals surface area contributed by atoms with E-state index in [1.807, 2.05) is 37.1 Å². The molecular weight excluding hydrogens is 240 g/mol. The van der Waals surface area contributed by atoms with E-state index >= 15 is 0 Å². The second-order valence-electron chi connectivity index (χ2n) is 5.02. The highest BCUT2D eigenvalue weighted by Crippen LogP contribution is 2.29. The van der Waals surface area contributed by atoms with Gasteiger partial charge in [-0.2, -0.15) is 0 Å². The Morgan fingerprint density at radius 2 is 2.21 bits per heavy atom. The van der Waals surface area contributed by atoms with Crippen molar-refractivity contribution < 1.29 is 9.53 Å². The molecule has 1 aliphatic rings. The van der Waals surface area contributed by atoms with E-state index in [1.165, 1.54) is 0 Å². The van der Waals surface area contributed by atoms with Gasteiger partial charge in [-0.05, 0) is 37.5 Å². The average Bonchev–Trinajstić information content (AvgIpc) is 3.23. The largest absolute Gasteiger partial charge is 0.387 e. The van der Waals surface area contributed by atoms with Gasteiger partial charge in [-0.3, -0.25) is 4.79 Å². The van der Waals surface area contributed by atoms with E-state index in [1.54, 1.807) is 7.11 Å². The zero-order chi connectivity index (χ0) is 13.8. The number of carbonyl (C=O) groups excluding carboxylic acids is 1. The lowest BCUT2D eigenvalue weighted by Crippen LogP contribution is -2.36. The number of aryl methyl sites for hydroxylation is 1. The predicted octanol–water partition coefficient (Wildman–Crippen LogP) is 2.29. The second kappa shape index (κ2) is 6.06. The Balaban J connectivity index is 2.20. The van der Waals surface area contributed by atoms with Crippen LogP contribution in [0.5, 0.6) is 0 Å². The quantitative estimate of drug-likeness (QED) is 0.855. The SMILES string of the molecule is CNc1cc(C)ccc1C(=O)N(CCOC)C1CC1. The van der Waals surface area contributed by atoms with Gasteiger partial charge in [0.25, 0.3) is 5.91 Å². The fourth-order valence-electron chi connectivity index (χ4n) is 2.23. The molecular formula is C15H22N2O2. The first-order valence-electron chi connectivity index (χ1n) is 6.75. The lowest BCUT2D eigenvalue weighted by molar-refractivity contribution is 0.0681. The van der Waals surface area contributed by atoms with Gasteiger partial charge >= 0.3 is 0 Å². The average molecular weight is 262 g/mol. The Morgan fingerprint density at radius 3 is 2.79 bits per heavy atom. The number of hydrogen-bond donors (Lipinski definition) is 1. The summed E-state index contributed by atoms with van der Waals surface area (Å²) >= 11 is 0. The molecule has 1 aromatic carbocycles. The highest BCUT2D eigenvalue weighted by molar-refractivity contribution is 6.00. The van der Waals surface area contributed by atoms with E-state index in [4.69, 9.17) is 4.74 Å². The number of nitrogens with zero attached hydrogens (tertiary/aromatic N) is 1. The van der Waals surface area contributed by atoms with E-state index < -0.39 is 0 Å². The van der Waals surface area contributed by atoms with Crippen molar-refractivity contribution in [3.05, 3.63) is 29.3 Å². The molecule has 1 fully saturated rings. The van der Waals surface area contributed by atoms with Crippen LogP contribution < -0.4 is 5.32 Å². The van der Waals surface area contributed by atoms with Crippen LogP contribution in [-0.4, -0.2) is 44.2 Å². The molecule has 2 rings (SSSR count). The van der Waals surface area contributed by atoms with E-state index in [0.717, 1.165) is 29.7 Å². The van der Waals surface area contributed by atoms with E-state index in [-0.39, 0.29) is 5.91 Å².